The monoisotopic (exact) mass is 388 g/mol. The van der Waals surface area contributed by atoms with Gasteiger partial charge in [0.05, 0.1) is 12.3 Å². The SMILES string of the molecule is CN1CCN(CC(=O)N2CCC3(CC2)CC(O)CN(c2cnccn2)C3)C1=O. The minimum atomic E-state index is -0.407. The first-order chi connectivity index (χ1) is 13.5. The first kappa shape index (κ1) is 18.9. The number of urea groups is 1. The van der Waals surface area contributed by atoms with Gasteiger partial charge in [-0.25, -0.2) is 9.78 Å². The second-order valence-corrected chi connectivity index (χ2v) is 8.31. The maximum atomic E-state index is 12.7. The summed E-state index contributed by atoms with van der Waals surface area (Å²) >= 11 is 0. The molecule has 3 aliphatic heterocycles. The van der Waals surface area contributed by atoms with Gasteiger partial charge in [0.1, 0.15) is 12.4 Å². The van der Waals surface area contributed by atoms with Crippen molar-refractivity contribution in [1.82, 2.24) is 24.7 Å². The largest absolute Gasteiger partial charge is 0.391 e. The maximum Gasteiger partial charge on any atom is 0.320 e. The van der Waals surface area contributed by atoms with E-state index in [-0.39, 0.29) is 23.9 Å². The highest BCUT2D eigenvalue weighted by atomic mass is 16.3. The molecule has 4 rings (SSSR count). The van der Waals surface area contributed by atoms with E-state index in [1.807, 2.05) is 4.90 Å². The second-order valence-electron chi connectivity index (χ2n) is 8.31. The van der Waals surface area contributed by atoms with E-state index >= 15 is 0 Å². The Labute approximate surface area is 164 Å². The molecule has 1 aromatic rings. The van der Waals surface area contributed by atoms with Gasteiger partial charge >= 0.3 is 6.03 Å². The Bertz CT molecular complexity index is 722. The Morgan fingerprint density at radius 1 is 1.25 bits per heavy atom. The summed E-state index contributed by atoms with van der Waals surface area (Å²) in [4.78, 5) is 40.4. The number of amides is 3. The van der Waals surface area contributed by atoms with E-state index in [4.69, 9.17) is 0 Å². The Balaban J connectivity index is 1.36. The van der Waals surface area contributed by atoms with Gasteiger partial charge in [-0.15, -0.1) is 0 Å². The predicted molar refractivity (Wildman–Crippen MR) is 103 cm³/mol. The lowest BCUT2D eigenvalue weighted by Gasteiger charge is -2.49. The molecule has 152 valence electrons. The molecule has 9 nitrogen and oxygen atoms in total. The molecule has 0 aromatic carbocycles. The molecule has 3 fully saturated rings. The number of aliphatic hydroxyl groups excluding tert-OH is 1. The van der Waals surface area contributed by atoms with Gasteiger partial charge in [0.2, 0.25) is 5.91 Å². The third-order valence-electron chi connectivity index (χ3n) is 6.30. The van der Waals surface area contributed by atoms with Crippen molar-refractivity contribution < 1.29 is 14.7 Å². The van der Waals surface area contributed by atoms with Gasteiger partial charge in [0, 0.05) is 58.7 Å². The van der Waals surface area contributed by atoms with Crippen LogP contribution in [0.15, 0.2) is 18.6 Å². The van der Waals surface area contributed by atoms with Crippen LogP contribution < -0.4 is 4.90 Å². The van der Waals surface area contributed by atoms with Crippen molar-refractivity contribution in [2.75, 3.05) is 57.8 Å². The normalized spacial score (nSPS) is 24.9. The Morgan fingerprint density at radius 3 is 2.68 bits per heavy atom. The fourth-order valence-corrected chi connectivity index (χ4v) is 4.69. The number of β-amino-alcohol motifs (C(OH)–C–C–N with tert-alkyl or cyclic N) is 1. The zero-order valence-corrected chi connectivity index (χ0v) is 16.3. The van der Waals surface area contributed by atoms with Crippen LogP contribution in [-0.4, -0.2) is 101 Å². The van der Waals surface area contributed by atoms with Crippen molar-refractivity contribution in [3.63, 3.8) is 0 Å². The van der Waals surface area contributed by atoms with E-state index in [9.17, 15) is 14.7 Å². The summed E-state index contributed by atoms with van der Waals surface area (Å²) in [5.41, 5.74) is -0.0182. The average molecular weight is 388 g/mol. The van der Waals surface area contributed by atoms with E-state index in [0.29, 0.717) is 32.7 Å². The lowest BCUT2D eigenvalue weighted by Crippen LogP contribution is -2.55. The number of hydrogen-bond donors (Lipinski definition) is 1. The molecule has 9 heteroatoms. The minimum absolute atomic E-state index is 0.0145. The lowest BCUT2D eigenvalue weighted by molar-refractivity contribution is -0.134. The summed E-state index contributed by atoms with van der Waals surface area (Å²) in [6.07, 6.45) is 7.08. The van der Waals surface area contributed by atoms with Crippen molar-refractivity contribution in [2.45, 2.75) is 25.4 Å². The minimum Gasteiger partial charge on any atom is -0.391 e. The fraction of sp³-hybridized carbons (Fsp3) is 0.684. The Hall–Kier alpha value is -2.42. The molecule has 28 heavy (non-hydrogen) atoms. The van der Waals surface area contributed by atoms with Crippen LogP contribution in [0.5, 0.6) is 0 Å². The number of likely N-dealkylation sites (N-methyl/N-ethyl adjacent to an activating group) is 1. The summed E-state index contributed by atoms with van der Waals surface area (Å²) in [6.45, 7) is 4.15. The standard InChI is InChI=1S/C19H28N6O3/c1-22-8-9-24(18(22)28)13-17(27)23-6-2-19(3-7-23)10-15(26)12-25(14-19)16-11-20-4-5-21-16/h4-5,11,15,26H,2-3,6-10,12-14H2,1H3. The zero-order valence-electron chi connectivity index (χ0n) is 16.3. The van der Waals surface area contributed by atoms with Crippen LogP contribution >= 0.6 is 0 Å². The van der Waals surface area contributed by atoms with Crippen molar-refractivity contribution in [2.24, 2.45) is 5.41 Å². The summed E-state index contributed by atoms with van der Waals surface area (Å²) in [5.74, 6) is 0.802. The predicted octanol–water partition coefficient (Wildman–Crippen LogP) is 0.0238. The molecule has 4 heterocycles. The first-order valence-electron chi connectivity index (χ1n) is 9.93. The molecule has 3 saturated heterocycles. The van der Waals surface area contributed by atoms with Gasteiger partial charge < -0.3 is 24.7 Å². The van der Waals surface area contributed by atoms with Crippen molar-refractivity contribution in [1.29, 1.82) is 0 Å². The van der Waals surface area contributed by atoms with Crippen LogP contribution in [0.25, 0.3) is 0 Å². The smallest absolute Gasteiger partial charge is 0.320 e. The van der Waals surface area contributed by atoms with Gasteiger partial charge in [-0.2, -0.15) is 0 Å². The Kier molecular flexibility index (Phi) is 5.09. The maximum absolute atomic E-state index is 12.7. The number of aliphatic hydroxyl groups is 1. The molecule has 1 atom stereocenters. The van der Waals surface area contributed by atoms with Gasteiger partial charge in [-0.1, -0.05) is 0 Å². The molecular formula is C19H28N6O3. The molecule has 3 aliphatic rings. The topological polar surface area (TPSA) is 93.1 Å². The van der Waals surface area contributed by atoms with Crippen LogP contribution in [0, 0.1) is 5.41 Å². The van der Waals surface area contributed by atoms with Crippen LogP contribution in [0.4, 0.5) is 10.6 Å². The number of nitrogens with zero attached hydrogens (tertiary/aromatic N) is 6. The van der Waals surface area contributed by atoms with Gasteiger partial charge in [0.15, 0.2) is 0 Å². The molecule has 3 amide bonds. The van der Waals surface area contributed by atoms with E-state index in [0.717, 1.165) is 31.6 Å². The number of rotatable bonds is 3. The quantitative estimate of drug-likeness (QED) is 0.785. The molecule has 0 aliphatic carbocycles. The summed E-state index contributed by atoms with van der Waals surface area (Å²) in [7, 11) is 1.76. The molecule has 0 bridgehead atoms. The van der Waals surface area contributed by atoms with Gasteiger partial charge in [0.25, 0.3) is 0 Å². The third kappa shape index (κ3) is 3.76. The molecule has 0 radical (unpaired) electrons. The van der Waals surface area contributed by atoms with E-state index < -0.39 is 6.10 Å². The molecule has 1 aromatic heterocycles. The molecular weight excluding hydrogens is 360 g/mol. The second kappa shape index (κ2) is 7.54. The number of likely N-dealkylation sites (tertiary alicyclic amines) is 1. The van der Waals surface area contributed by atoms with E-state index in [1.54, 1.807) is 35.4 Å². The number of aromatic nitrogens is 2. The summed E-state index contributed by atoms with van der Waals surface area (Å²) in [5, 5.41) is 10.5. The number of carbonyl (C=O) groups is 2. The molecule has 1 N–H and O–H groups in total. The number of hydrogen-bond acceptors (Lipinski definition) is 6. The highest BCUT2D eigenvalue weighted by molar-refractivity contribution is 5.85. The number of piperidine rings is 2. The average Bonchev–Trinajstić information content (AvgIpc) is 3.00. The number of anilines is 1. The molecule has 0 saturated carbocycles. The van der Waals surface area contributed by atoms with Crippen LogP contribution in [0.2, 0.25) is 0 Å². The van der Waals surface area contributed by atoms with Crippen LogP contribution in [0.1, 0.15) is 19.3 Å². The highest BCUT2D eigenvalue weighted by Gasteiger charge is 2.43. The highest BCUT2D eigenvalue weighted by Crippen LogP contribution is 2.40. The number of carbonyl (C=O) groups excluding carboxylic acids is 2. The van der Waals surface area contributed by atoms with E-state index in [2.05, 4.69) is 14.9 Å². The van der Waals surface area contributed by atoms with Crippen LogP contribution in [0.3, 0.4) is 0 Å². The van der Waals surface area contributed by atoms with Gasteiger partial charge in [-0.05, 0) is 24.7 Å². The van der Waals surface area contributed by atoms with Crippen molar-refractivity contribution in [3.8, 4) is 0 Å². The van der Waals surface area contributed by atoms with Crippen molar-refractivity contribution in [3.05, 3.63) is 18.6 Å². The summed E-state index contributed by atoms with van der Waals surface area (Å²) < 4.78 is 0. The first-order valence-corrected chi connectivity index (χ1v) is 9.93. The van der Waals surface area contributed by atoms with Crippen LogP contribution in [-0.2, 0) is 4.79 Å². The Morgan fingerprint density at radius 2 is 2.04 bits per heavy atom. The molecule has 1 unspecified atom stereocenters. The zero-order chi connectivity index (χ0) is 19.7. The lowest BCUT2D eigenvalue weighted by atomic mass is 9.71. The summed E-state index contributed by atoms with van der Waals surface area (Å²) in [6, 6.07) is -0.0724. The molecule has 1 spiro atoms. The van der Waals surface area contributed by atoms with Crippen molar-refractivity contribution >= 4 is 17.8 Å². The fourth-order valence-electron chi connectivity index (χ4n) is 4.69. The van der Waals surface area contributed by atoms with Gasteiger partial charge in [-0.3, -0.25) is 9.78 Å². The van der Waals surface area contributed by atoms with E-state index in [1.165, 1.54) is 0 Å². The third-order valence-corrected chi connectivity index (χ3v) is 6.30.